The van der Waals surface area contributed by atoms with Gasteiger partial charge in [0.05, 0.1) is 11.4 Å². The molecule has 0 bridgehead atoms. The lowest BCUT2D eigenvalue weighted by atomic mass is 9.78. The second-order valence-electron chi connectivity index (χ2n) is 5.82. The van der Waals surface area contributed by atoms with Gasteiger partial charge in [-0.15, -0.1) is 0 Å². The van der Waals surface area contributed by atoms with Gasteiger partial charge in [-0.2, -0.15) is 0 Å². The van der Waals surface area contributed by atoms with Crippen LogP contribution >= 0.6 is 12.2 Å². The maximum absolute atomic E-state index is 12.8. The Hall–Kier alpha value is -1.75. The molecule has 0 radical (unpaired) electrons. The second kappa shape index (κ2) is 5.22. The Morgan fingerprint density at radius 3 is 2.48 bits per heavy atom. The molecule has 1 aromatic rings. The zero-order chi connectivity index (χ0) is 15.0. The number of carbonyl (C=O) groups is 2. The van der Waals surface area contributed by atoms with Gasteiger partial charge in [-0.25, -0.2) is 0 Å². The fraction of sp³-hybridized carbons (Fsp3) is 0.438. The molecule has 3 rings (SSSR count). The van der Waals surface area contributed by atoms with Crippen LogP contribution in [0.2, 0.25) is 0 Å². The lowest BCUT2D eigenvalue weighted by Crippen LogP contribution is -2.63. The molecule has 0 aromatic heterocycles. The van der Waals surface area contributed by atoms with Gasteiger partial charge in [-0.1, -0.05) is 49.7 Å². The number of rotatable bonds is 2. The summed E-state index contributed by atoms with van der Waals surface area (Å²) in [5.41, 5.74) is 6.58. The van der Waals surface area contributed by atoms with E-state index in [-0.39, 0.29) is 23.2 Å². The molecule has 2 N–H and O–H groups in total. The summed E-state index contributed by atoms with van der Waals surface area (Å²) in [6.45, 7) is 0. The second-order valence-corrected chi connectivity index (χ2v) is 6.26. The highest BCUT2D eigenvalue weighted by Gasteiger charge is 2.48. The molecule has 1 aliphatic heterocycles. The zero-order valence-electron chi connectivity index (χ0n) is 11.8. The average Bonchev–Trinajstić information content (AvgIpc) is 2.48. The third kappa shape index (κ3) is 2.16. The molecule has 1 saturated carbocycles. The van der Waals surface area contributed by atoms with E-state index in [2.05, 4.69) is 0 Å². The van der Waals surface area contributed by atoms with Crippen molar-refractivity contribution in [3.05, 3.63) is 35.4 Å². The number of fused-ring (bicyclic) bond motifs is 1. The Morgan fingerprint density at radius 2 is 1.81 bits per heavy atom. The van der Waals surface area contributed by atoms with Gasteiger partial charge in [0.2, 0.25) is 5.91 Å². The zero-order valence-corrected chi connectivity index (χ0v) is 12.6. The van der Waals surface area contributed by atoms with E-state index in [1.807, 2.05) is 18.2 Å². The topological polar surface area (TPSA) is 63.4 Å². The molecule has 110 valence electrons. The quantitative estimate of drug-likeness (QED) is 0.672. The Kier molecular flexibility index (Phi) is 3.53. The number of imide groups is 1. The van der Waals surface area contributed by atoms with Crippen LogP contribution in [0.5, 0.6) is 0 Å². The van der Waals surface area contributed by atoms with Gasteiger partial charge in [-0.05, 0) is 24.5 Å². The van der Waals surface area contributed by atoms with Crippen molar-refractivity contribution in [1.82, 2.24) is 4.90 Å². The van der Waals surface area contributed by atoms with Crippen molar-refractivity contribution < 1.29 is 9.59 Å². The molecule has 4 nitrogen and oxygen atoms in total. The summed E-state index contributed by atoms with van der Waals surface area (Å²) in [4.78, 5) is 27.0. The fourth-order valence-electron chi connectivity index (χ4n) is 3.51. The van der Waals surface area contributed by atoms with E-state index in [0.717, 1.165) is 24.8 Å². The molecule has 0 unspecified atom stereocenters. The third-order valence-corrected chi connectivity index (χ3v) is 4.99. The van der Waals surface area contributed by atoms with E-state index in [1.54, 1.807) is 6.07 Å². The molecule has 0 spiro atoms. The molecular weight excluding hydrogens is 284 g/mol. The van der Waals surface area contributed by atoms with Gasteiger partial charge in [0.25, 0.3) is 5.91 Å². The molecule has 1 heterocycles. The summed E-state index contributed by atoms with van der Waals surface area (Å²) < 4.78 is 0. The molecule has 1 fully saturated rings. The summed E-state index contributed by atoms with van der Waals surface area (Å²) in [5, 5.41) is 0. The van der Waals surface area contributed by atoms with E-state index >= 15 is 0 Å². The van der Waals surface area contributed by atoms with Crippen LogP contribution in [-0.2, 0) is 11.2 Å². The Balaban J connectivity index is 2.07. The first-order chi connectivity index (χ1) is 10.1. The predicted octanol–water partition coefficient (Wildman–Crippen LogP) is 2.20. The lowest BCUT2D eigenvalue weighted by molar-refractivity contribution is -0.132. The first-order valence-corrected chi connectivity index (χ1v) is 7.72. The minimum absolute atomic E-state index is 0.187. The number of amides is 2. The minimum atomic E-state index is -0.769. The van der Waals surface area contributed by atoms with Crippen molar-refractivity contribution >= 4 is 29.0 Å². The van der Waals surface area contributed by atoms with Crippen LogP contribution < -0.4 is 5.73 Å². The Labute approximate surface area is 129 Å². The van der Waals surface area contributed by atoms with Gasteiger partial charge in [0, 0.05) is 5.56 Å². The number of nitrogens with zero attached hydrogens (tertiary/aromatic N) is 1. The molecule has 1 aromatic carbocycles. The maximum Gasteiger partial charge on any atom is 0.261 e. The Bertz CT molecular complexity index is 620. The summed E-state index contributed by atoms with van der Waals surface area (Å²) in [6, 6.07) is 7.27. The van der Waals surface area contributed by atoms with Gasteiger partial charge in [0.15, 0.2) is 0 Å². The van der Waals surface area contributed by atoms with Crippen LogP contribution in [0.4, 0.5) is 0 Å². The van der Waals surface area contributed by atoms with Gasteiger partial charge < -0.3 is 5.73 Å². The average molecular weight is 302 g/mol. The Morgan fingerprint density at radius 1 is 1.14 bits per heavy atom. The summed E-state index contributed by atoms with van der Waals surface area (Å²) >= 11 is 5.24. The van der Waals surface area contributed by atoms with Crippen LogP contribution in [0.3, 0.4) is 0 Å². The van der Waals surface area contributed by atoms with Crippen molar-refractivity contribution in [2.75, 3.05) is 0 Å². The standard InChI is InChI=1S/C16H18N2O2S/c17-15(21)16(8-4-1-5-9-16)18-13(19)10-11-6-2-3-7-12(11)14(18)20/h2-3,6-7H,1,4-5,8-10H2,(H2,17,21). The molecule has 2 amide bonds. The minimum Gasteiger partial charge on any atom is -0.391 e. The number of hydrogen-bond donors (Lipinski definition) is 1. The summed E-state index contributed by atoms with van der Waals surface area (Å²) in [5.74, 6) is -0.440. The van der Waals surface area contributed by atoms with Gasteiger partial charge >= 0.3 is 0 Å². The van der Waals surface area contributed by atoms with Crippen LogP contribution in [0, 0.1) is 0 Å². The first-order valence-electron chi connectivity index (χ1n) is 7.31. The highest BCUT2D eigenvalue weighted by molar-refractivity contribution is 7.80. The predicted molar refractivity (Wildman–Crippen MR) is 83.9 cm³/mol. The molecule has 0 saturated heterocycles. The van der Waals surface area contributed by atoms with Gasteiger partial charge in [0.1, 0.15) is 5.54 Å². The highest BCUT2D eigenvalue weighted by atomic mass is 32.1. The third-order valence-electron chi connectivity index (χ3n) is 4.61. The van der Waals surface area contributed by atoms with Crippen molar-refractivity contribution in [2.45, 2.75) is 44.1 Å². The van der Waals surface area contributed by atoms with E-state index in [4.69, 9.17) is 18.0 Å². The van der Waals surface area contributed by atoms with E-state index in [0.29, 0.717) is 18.4 Å². The molecule has 5 heteroatoms. The largest absolute Gasteiger partial charge is 0.391 e. The number of nitrogens with two attached hydrogens (primary N) is 1. The molecule has 2 aliphatic rings. The molecule has 21 heavy (non-hydrogen) atoms. The number of hydrogen-bond acceptors (Lipinski definition) is 3. The number of benzene rings is 1. The van der Waals surface area contributed by atoms with Gasteiger partial charge in [-0.3, -0.25) is 14.5 Å². The van der Waals surface area contributed by atoms with E-state index < -0.39 is 5.54 Å². The summed E-state index contributed by atoms with van der Waals surface area (Å²) in [6.07, 6.45) is 4.58. The maximum atomic E-state index is 12.8. The van der Waals surface area contributed by atoms with Crippen LogP contribution in [0.15, 0.2) is 24.3 Å². The smallest absolute Gasteiger partial charge is 0.261 e. The van der Waals surface area contributed by atoms with Crippen molar-refractivity contribution in [3.8, 4) is 0 Å². The van der Waals surface area contributed by atoms with E-state index in [9.17, 15) is 9.59 Å². The highest BCUT2D eigenvalue weighted by Crippen LogP contribution is 2.37. The normalized spacial score (nSPS) is 21.0. The molecule has 0 atom stereocenters. The van der Waals surface area contributed by atoms with Crippen LogP contribution in [-0.4, -0.2) is 27.2 Å². The van der Waals surface area contributed by atoms with Crippen molar-refractivity contribution in [2.24, 2.45) is 5.73 Å². The lowest BCUT2D eigenvalue weighted by Gasteiger charge is -2.46. The van der Waals surface area contributed by atoms with E-state index in [1.165, 1.54) is 4.90 Å². The molecular formula is C16H18N2O2S. The monoisotopic (exact) mass is 302 g/mol. The summed E-state index contributed by atoms with van der Waals surface area (Å²) in [7, 11) is 0. The van der Waals surface area contributed by atoms with Crippen molar-refractivity contribution in [3.63, 3.8) is 0 Å². The number of carbonyl (C=O) groups excluding carboxylic acids is 2. The van der Waals surface area contributed by atoms with Crippen LogP contribution in [0.25, 0.3) is 0 Å². The molecule has 1 aliphatic carbocycles. The van der Waals surface area contributed by atoms with Crippen molar-refractivity contribution in [1.29, 1.82) is 0 Å². The SMILES string of the molecule is NC(=S)C1(N2C(=O)Cc3ccccc3C2=O)CCCCC1. The first kappa shape index (κ1) is 14.2. The fourth-order valence-corrected chi connectivity index (χ4v) is 3.80. The number of thiocarbonyl (C=S) groups is 1. The van der Waals surface area contributed by atoms with Crippen LogP contribution in [0.1, 0.15) is 48.0 Å².